The van der Waals surface area contributed by atoms with E-state index < -0.39 is 0 Å². The van der Waals surface area contributed by atoms with E-state index in [-0.39, 0.29) is 11.9 Å². The van der Waals surface area contributed by atoms with E-state index in [9.17, 15) is 4.79 Å². The fraction of sp³-hybridized carbons (Fsp3) is 0.222. The molecule has 0 saturated heterocycles. The molecule has 1 amide bonds. The molecule has 0 aliphatic heterocycles. The molecule has 0 bridgehead atoms. The third-order valence-corrected chi connectivity index (χ3v) is 3.86. The van der Waals surface area contributed by atoms with Gasteiger partial charge in [-0.15, -0.1) is 5.10 Å². The fourth-order valence-corrected chi connectivity index (χ4v) is 2.33. The molecule has 6 nitrogen and oxygen atoms in total. The number of carbonyl (C=O) groups excluding carboxylic acids is 1. The molecule has 1 N–H and O–H groups in total. The molecule has 0 saturated carbocycles. The lowest BCUT2D eigenvalue weighted by atomic mass is 10.1. The lowest BCUT2D eigenvalue weighted by Gasteiger charge is -2.11. The average molecular weight is 321 g/mol. The van der Waals surface area contributed by atoms with E-state index in [1.807, 2.05) is 32.0 Å². The summed E-state index contributed by atoms with van der Waals surface area (Å²) in [7, 11) is 0. The Morgan fingerprint density at radius 2 is 2.00 bits per heavy atom. The fourth-order valence-electron chi connectivity index (χ4n) is 2.33. The van der Waals surface area contributed by atoms with Crippen molar-refractivity contribution in [2.24, 2.45) is 0 Å². The predicted molar refractivity (Wildman–Crippen MR) is 90.4 cm³/mol. The van der Waals surface area contributed by atoms with Crippen LogP contribution in [0.5, 0.6) is 0 Å². The second kappa shape index (κ2) is 7.04. The number of amides is 1. The Morgan fingerprint density at radius 1 is 1.21 bits per heavy atom. The second-order valence-electron chi connectivity index (χ2n) is 5.67. The average Bonchev–Trinajstić information content (AvgIpc) is 3.11. The summed E-state index contributed by atoms with van der Waals surface area (Å²) >= 11 is 0. The molecule has 0 aliphatic carbocycles. The number of rotatable bonds is 5. The molecule has 0 spiro atoms. The topological polar surface area (TPSA) is 72.7 Å². The minimum Gasteiger partial charge on any atom is -0.345 e. The summed E-state index contributed by atoms with van der Waals surface area (Å²) in [4.78, 5) is 16.3. The standard InChI is InChI=1S/C18H19N5O/c1-13-6-8-15(9-7-13)14(2)23-12-17(21-22-23)18(24)20-11-16-5-3-4-10-19-16/h3-10,12,14H,11H2,1-2H3,(H,20,24)/t14-/m0/s1. The van der Waals surface area contributed by atoms with Crippen molar-refractivity contribution in [2.75, 3.05) is 0 Å². The first-order valence-electron chi connectivity index (χ1n) is 7.80. The van der Waals surface area contributed by atoms with Gasteiger partial charge in [-0.1, -0.05) is 41.1 Å². The van der Waals surface area contributed by atoms with E-state index >= 15 is 0 Å². The van der Waals surface area contributed by atoms with E-state index in [0.29, 0.717) is 12.2 Å². The van der Waals surface area contributed by atoms with Gasteiger partial charge in [0.1, 0.15) is 0 Å². The maximum absolute atomic E-state index is 12.2. The molecule has 1 aromatic carbocycles. The van der Waals surface area contributed by atoms with Gasteiger partial charge in [-0.05, 0) is 31.5 Å². The molecule has 24 heavy (non-hydrogen) atoms. The Hall–Kier alpha value is -3.02. The van der Waals surface area contributed by atoms with Crippen LogP contribution < -0.4 is 5.32 Å². The van der Waals surface area contributed by atoms with Crippen molar-refractivity contribution in [2.45, 2.75) is 26.4 Å². The Kier molecular flexibility index (Phi) is 4.65. The molecule has 122 valence electrons. The predicted octanol–water partition coefficient (Wildman–Crippen LogP) is 2.52. The summed E-state index contributed by atoms with van der Waals surface area (Å²) in [6, 6.07) is 13.8. The molecule has 2 heterocycles. The lowest BCUT2D eigenvalue weighted by Crippen LogP contribution is -2.23. The summed E-state index contributed by atoms with van der Waals surface area (Å²) in [6.45, 7) is 4.43. The van der Waals surface area contributed by atoms with E-state index in [2.05, 4.69) is 44.9 Å². The van der Waals surface area contributed by atoms with Crippen LogP contribution in [0.25, 0.3) is 0 Å². The van der Waals surface area contributed by atoms with Crippen LogP contribution in [-0.2, 0) is 6.54 Å². The first kappa shape index (κ1) is 15.9. The van der Waals surface area contributed by atoms with Crippen molar-refractivity contribution in [3.05, 3.63) is 77.4 Å². The zero-order valence-electron chi connectivity index (χ0n) is 13.7. The minimum absolute atomic E-state index is 0.00967. The third kappa shape index (κ3) is 3.65. The molecule has 0 unspecified atom stereocenters. The molecule has 3 rings (SSSR count). The lowest BCUT2D eigenvalue weighted by molar-refractivity contribution is 0.0945. The van der Waals surface area contributed by atoms with Crippen molar-refractivity contribution in [1.82, 2.24) is 25.3 Å². The van der Waals surface area contributed by atoms with E-state index in [1.54, 1.807) is 17.1 Å². The molecular formula is C18H19N5O. The molecule has 0 fully saturated rings. The van der Waals surface area contributed by atoms with Gasteiger partial charge in [-0.2, -0.15) is 0 Å². The monoisotopic (exact) mass is 321 g/mol. The number of nitrogens with one attached hydrogen (secondary N) is 1. The first-order chi connectivity index (χ1) is 11.6. The van der Waals surface area contributed by atoms with Gasteiger partial charge in [-0.3, -0.25) is 9.78 Å². The van der Waals surface area contributed by atoms with Crippen molar-refractivity contribution in [3.8, 4) is 0 Å². The highest BCUT2D eigenvalue weighted by Crippen LogP contribution is 2.17. The van der Waals surface area contributed by atoms with Crippen LogP contribution in [0.3, 0.4) is 0 Å². The van der Waals surface area contributed by atoms with Crippen LogP contribution in [0, 0.1) is 6.92 Å². The van der Waals surface area contributed by atoms with Crippen molar-refractivity contribution in [3.63, 3.8) is 0 Å². The number of hydrogen-bond donors (Lipinski definition) is 1. The largest absolute Gasteiger partial charge is 0.345 e. The Morgan fingerprint density at radius 3 is 2.71 bits per heavy atom. The smallest absolute Gasteiger partial charge is 0.273 e. The number of hydrogen-bond acceptors (Lipinski definition) is 4. The molecule has 0 aliphatic rings. The van der Waals surface area contributed by atoms with Gasteiger partial charge in [0, 0.05) is 6.20 Å². The maximum Gasteiger partial charge on any atom is 0.273 e. The molecule has 0 radical (unpaired) electrons. The molecule has 6 heteroatoms. The van der Waals surface area contributed by atoms with Gasteiger partial charge in [0.2, 0.25) is 0 Å². The normalized spacial score (nSPS) is 11.9. The maximum atomic E-state index is 12.2. The van der Waals surface area contributed by atoms with Crippen molar-refractivity contribution < 1.29 is 4.79 Å². The summed E-state index contributed by atoms with van der Waals surface area (Å²) in [5.41, 5.74) is 3.42. The van der Waals surface area contributed by atoms with Gasteiger partial charge in [0.05, 0.1) is 24.5 Å². The zero-order valence-corrected chi connectivity index (χ0v) is 13.7. The van der Waals surface area contributed by atoms with Crippen LogP contribution in [0.2, 0.25) is 0 Å². The van der Waals surface area contributed by atoms with E-state index in [4.69, 9.17) is 0 Å². The molecular weight excluding hydrogens is 302 g/mol. The van der Waals surface area contributed by atoms with Gasteiger partial charge in [0.15, 0.2) is 5.69 Å². The minimum atomic E-state index is -0.261. The van der Waals surface area contributed by atoms with E-state index in [0.717, 1.165) is 11.3 Å². The van der Waals surface area contributed by atoms with E-state index in [1.165, 1.54) is 5.56 Å². The highest BCUT2D eigenvalue weighted by Gasteiger charge is 2.14. The highest BCUT2D eigenvalue weighted by atomic mass is 16.2. The van der Waals surface area contributed by atoms with Gasteiger partial charge in [-0.25, -0.2) is 4.68 Å². The number of aromatic nitrogens is 4. The Labute approximate surface area is 140 Å². The first-order valence-corrected chi connectivity index (χ1v) is 7.80. The van der Waals surface area contributed by atoms with Gasteiger partial charge < -0.3 is 5.32 Å². The van der Waals surface area contributed by atoms with Crippen molar-refractivity contribution >= 4 is 5.91 Å². The number of pyridine rings is 1. The summed E-state index contributed by atoms with van der Waals surface area (Å²) < 4.78 is 1.69. The Bertz CT molecular complexity index is 811. The summed E-state index contributed by atoms with van der Waals surface area (Å²) in [5.74, 6) is -0.261. The number of aryl methyl sites for hydroxylation is 1. The molecule has 3 aromatic rings. The van der Waals surface area contributed by atoms with Gasteiger partial charge >= 0.3 is 0 Å². The Balaban J connectivity index is 1.66. The summed E-state index contributed by atoms with van der Waals surface area (Å²) in [6.07, 6.45) is 3.36. The number of nitrogens with zero attached hydrogens (tertiary/aromatic N) is 4. The third-order valence-electron chi connectivity index (χ3n) is 3.86. The van der Waals surface area contributed by atoms with Crippen LogP contribution in [-0.4, -0.2) is 25.9 Å². The van der Waals surface area contributed by atoms with Gasteiger partial charge in [0.25, 0.3) is 5.91 Å². The van der Waals surface area contributed by atoms with Crippen LogP contribution in [0.15, 0.2) is 54.9 Å². The molecule has 2 aromatic heterocycles. The SMILES string of the molecule is Cc1ccc([C@H](C)n2cc(C(=O)NCc3ccccn3)nn2)cc1. The van der Waals surface area contributed by atoms with Crippen molar-refractivity contribution in [1.29, 1.82) is 0 Å². The molecule has 1 atom stereocenters. The second-order valence-corrected chi connectivity index (χ2v) is 5.67. The number of benzene rings is 1. The highest BCUT2D eigenvalue weighted by molar-refractivity contribution is 5.91. The van der Waals surface area contributed by atoms with Crippen LogP contribution in [0.1, 0.15) is 40.3 Å². The quantitative estimate of drug-likeness (QED) is 0.784. The van der Waals surface area contributed by atoms with Crippen LogP contribution in [0.4, 0.5) is 0 Å². The number of carbonyl (C=O) groups is 1. The summed E-state index contributed by atoms with van der Waals surface area (Å²) in [5, 5.41) is 10.9. The zero-order chi connectivity index (χ0) is 16.9. The van der Waals surface area contributed by atoms with Crippen LogP contribution >= 0.6 is 0 Å².